The van der Waals surface area contributed by atoms with Crippen molar-refractivity contribution in [2.24, 2.45) is 0 Å². The van der Waals surface area contributed by atoms with Crippen LogP contribution in [0.25, 0.3) is 0 Å². The Bertz CT molecular complexity index is 2000. The van der Waals surface area contributed by atoms with Gasteiger partial charge in [-0.2, -0.15) is 0 Å². The quantitative estimate of drug-likeness (QED) is 0.0846. The van der Waals surface area contributed by atoms with Gasteiger partial charge in [0, 0.05) is 33.4 Å². The van der Waals surface area contributed by atoms with E-state index < -0.39 is 30.2 Å². The molecule has 246 valence electrons. The predicted octanol–water partition coefficient (Wildman–Crippen LogP) is 7.18. The Kier molecular flexibility index (Phi) is 9.28. The van der Waals surface area contributed by atoms with Crippen LogP contribution in [0.1, 0.15) is 71.6 Å². The lowest BCUT2D eigenvalue weighted by Gasteiger charge is -2.43. The summed E-state index contributed by atoms with van der Waals surface area (Å²) in [5.74, 6) is -1.40. The molecule has 0 saturated carbocycles. The van der Waals surface area contributed by atoms with E-state index in [0.717, 1.165) is 21.6 Å². The molecule has 1 fully saturated rings. The Morgan fingerprint density at radius 2 is 1.47 bits per heavy atom. The number of aliphatic hydroxyl groups excluding tert-OH is 1. The summed E-state index contributed by atoms with van der Waals surface area (Å²) in [5, 5.41) is 22.4. The number of esters is 2. The molecule has 49 heavy (non-hydrogen) atoms. The van der Waals surface area contributed by atoms with Crippen LogP contribution in [0.15, 0.2) is 126 Å². The van der Waals surface area contributed by atoms with Crippen molar-refractivity contribution in [3.05, 3.63) is 160 Å². The van der Waals surface area contributed by atoms with Crippen molar-refractivity contribution >= 4 is 35.3 Å². The number of thioether (sulfide) groups is 1. The van der Waals surface area contributed by atoms with E-state index in [2.05, 4.69) is 22.2 Å². The number of anilines is 1. The average Bonchev–Trinajstić information content (AvgIpc) is 3.43. The van der Waals surface area contributed by atoms with Crippen LogP contribution in [0.2, 0.25) is 0 Å². The summed E-state index contributed by atoms with van der Waals surface area (Å²) in [6.07, 6.45) is -1.55. The fraction of sp³-hybridized carbons (Fsp3) is 0.154. The molecule has 0 aliphatic carbocycles. The van der Waals surface area contributed by atoms with Gasteiger partial charge >= 0.3 is 11.9 Å². The molecule has 1 amide bonds. The zero-order valence-electron chi connectivity index (χ0n) is 26.0. The molecule has 1 saturated heterocycles. The minimum absolute atomic E-state index is 0.0534. The van der Waals surface area contributed by atoms with E-state index >= 15 is 0 Å². The molecular formula is C39H31NO8S. The van der Waals surface area contributed by atoms with Gasteiger partial charge in [0.05, 0.1) is 29.9 Å². The maximum atomic E-state index is 13.2. The molecule has 4 atom stereocenters. The van der Waals surface area contributed by atoms with Gasteiger partial charge in [-0.1, -0.05) is 66.7 Å². The molecule has 3 N–H and O–H groups in total. The van der Waals surface area contributed by atoms with E-state index in [1.165, 1.54) is 18.2 Å². The van der Waals surface area contributed by atoms with E-state index in [0.29, 0.717) is 17.0 Å². The van der Waals surface area contributed by atoms with Gasteiger partial charge < -0.3 is 29.7 Å². The van der Waals surface area contributed by atoms with Gasteiger partial charge in [0.2, 0.25) is 0 Å². The van der Waals surface area contributed by atoms with Gasteiger partial charge in [-0.3, -0.25) is 4.79 Å². The third kappa shape index (κ3) is 6.99. The first-order chi connectivity index (χ1) is 23.9. The minimum atomic E-state index is -0.800. The highest BCUT2D eigenvalue weighted by molar-refractivity contribution is 7.99. The number of amides is 1. The molecule has 7 rings (SSSR count). The third-order valence-electron chi connectivity index (χ3n) is 8.55. The van der Waals surface area contributed by atoms with Crippen molar-refractivity contribution in [2.45, 2.75) is 35.9 Å². The molecular weight excluding hydrogens is 642 g/mol. The predicted molar refractivity (Wildman–Crippen MR) is 182 cm³/mol. The monoisotopic (exact) mass is 673 g/mol. The van der Waals surface area contributed by atoms with Gasteiger partial charge in [0.1, 0.15) is 5.75 Å². The fourth-order valence-electron chi connectivity index (χ4n) is 6.07. The highest BCUT2D eigenvalue weighted by Crippen LogP contribution is 2.48. The number of fused-ring (bicyclic) bond motifs is 1. The average molecular weight is 674 g/mol. The molecule has 4 unspecified atom stereocenters. The van der Waals surface area contributed by atoms with Crippen LogP contribution in [0.5, 0.6) is 5.75 Å². The number of phenolic OH excluding ortho intramolecular Hbond substituents is 1. The zero-order valence-corrected chi connectivity index (χ0v) is 26.8. The molecule has 5 aromatic rings. The van der Waals surface area contributed by atoms with E-state index in [9.17, 15) is 24.6 Å². The minimum Gasteiger partial charge on any atom is -0.508 e. The Hall–Kier alpha value is -5.26. The Labute approximate surface area is 286 Å². The van der Waals surface area contributed by atoms with Crippen molar-refractivity contribution in [1.82, 2.24) is 0 Å². The second-order valence-corrected chi connectivity index (χ2v) is 12.8. The highest BCUT2D eigenvalue weighted by Gasteiger charge is 2.42. The number of aromatic hydroxyl groups is 1. The first-order valence-corrected chi connectivity index (χ1v) is 16.6. The molecule has 2 aliphatic heterocycles. The molecule has 0 bridgehead atoms. The largest absolute Gasteiger partial charge is 0.508 e. The van der Waals surface area contributed by atoms with Gasteiger partial charge in [0.15, 0.2) is 6.29 Å². The molecule has 10 heteroatoms. The normalized spacial score (nSPS) is 20.0. The van der Waals surface area contributed by atoms with Crippen molar-refractivity contribution < 1.29 is 38.8 Å². The summed E-state index contributed by atoms with van der Waals surface area (Å²) in [6, 6.07) is 36.3. The van der Waals surface area contributed by atoms with Crippen molar-refractivity contribution in [1.29, 1.82) is 0 Å². The number of aliphatic hydroxyl groups is 1. The molecule has 5 aromatic carbocycles. The van der Waals surface area contributed by atoms with Crippen molar-refractivity contribution in [2.75, 3.05) is 11.1 Å². The Balaban J connectivity index is 1.19. The summed E-state index contributed by atoms with van der Waals surface area (Å²) in [4.78, 5) is 38.1. The van der Waals surface area contributed by atoms with Gasteiger partial charge in [-0.15, -0.1) is 11.8 Å². The number of cyclic esters (lactones) is 2. The second kappa shape index (κ2) is 14.1. The van der Waals surface area contributed by atoms with E-state index in [-0.39, 0.29) is 41.1 Å². The summed E-state index contributed by atoms with van der Waals surface area (Å²) < 4.78 is 18.2. The van der Waals surface area contributed by atoms with Gasteiger partial charge in [-0.25, -0.2) is 9.59 Å². The van der Waals surface area contributed by atoms with Crippen LogP contribution >= 0.6 is 11.8 Å². The van der Waals surface area contributed by atoms with Crippen LogP contribution in [0.3, 0.4) is 0 Å². The van der Waals surface area contributed by atoms with Crippen LogP contribution in [0.4, 0.5) is 5.69 Å². The maximum Gasteiger partial charge on any atom is 0.346 e. The summed E-state index contributed by atoms with van der Waals surface area (Å²) >= 11 is 1.62. The summed E-state index contributed by atoms with van der Waals surface area (Å²) in [5.41, 5.74) is 4.32. The van der Waals surface area contributed by atoms with Crippen LogP contribution in [-0.2, 0) is 20.8 Å². The maximum absolute atomic E-state index is 13.2. The van der Waals surface area contributed by atoms with Crippen LogP contribution in [0, 0.1) is 0 Å². The van der Waals surface area contributed by atoms with E-state index in [1.54, 1.807) is 42.1 Å². The Morgan fingerprint density at radius 3 is 2.22 bits per heavy atom. The topological polar surface area (TPSA) is 131 Å². The smallest absolute Gasteiger partial charge is 0.346 e. The molecule has 0 aromatic heterocycles. The molecule has 9 nitrogen and oxygen atoms in total. The number of ether oxygens (including phenoxy) is 3. The number of hydrogen-bond acceptors (Lipinski definition) is 9. The molecule has 0 spiro atoms. The van der Waals surface area contributed by atoms with Crippen molar-refractivity contribution in [3.63, 3.8) is 0 Å². The standard InChI is InChI=1S/C39H31NO8S/c41-21-23-9-11-25(12-10-23)35-34(24-5-2-1-3-6-24)33(22-49-30-16-14-29(42)15-17-30)46-39(47-35)27-7-4-8-28(19-27)40-36(43)26-13-18-31-32(20-26)38(45)48-37(31)44/h1-20,33-35,39,41-42H,21-22H2,(H,40,43). The first kappa shape index (κ1) is 32.3. The van der Waals surface area contributed by atoms with Gasteiger partial charge in [-0.05, 0) is 71.3 Å². The summed E-state index contributed by atoms with van der Waals surface area (Å²) in [6.45, 7) is -0.0717. The lowest BCUT2D eigenvalue weighted by atomic mass is 9.84. The second-order valence-electron chi connectivity index (χ2n) is 11.7. The molecule has 2 aliphatic rings. The first-order valence-electron chi connectivity index (χ1n) is 15.7. The number of carbonyl (C=O) groups excluding carboxylic acids is 3. The van der Waals surface area contributed by atoms with Crippen LogP contribution < -0.4 is 5.32 Å². The van der Waals surface area contributed by atoms with E-state index in [1.807, 2.05) is 60.7 Å². The molecule has 2 heterocycles. The van der Waals surface area contributed by atoms with Crippen LogP contribution in [-0.4, -0.2) is 39.9 Å². The number of hydrogen-bond donors (Lipinski definition) is 3. The Morgan fingerprint density at radius 1 is 0.735 bits per heavy atom. The number of benzene rings is 5. The number of rotatable bonds is 9. The lowest BCUT2D eigenvalue weighted by molar-refractivity contribution is -0.255. The third-order valence-corrected chi connectivity index (χ3v) is 9.65. The SMILES string of the molecule is O=C(Nc1cccc(C2OC(CSc3ccc(O)cc3)C(c3ccccc3)C(c3ccc(CO)cc3)O2)c1)c1ccc2c(c1)C(=O)OC2=O. The lowest BCUT2D eigenvalue weighted by Crippen LogP contribution is -2.38. The zero-order chi connectivity index (χ0) is 33.9. The number of nitrogens with one attached hydrogen (secondary N) is 1. The number of phenols is 1. The fourth-order valence-corrected chi connectivity index (χ4v) is 7.04. The van der Waals surface area contributed by atoms with E-state index in [4.69, 9.17) is 9.47 Å². The number of carbonyl (C=O) groups is 3. The summed E-state index contributed by atoms with van der Waals surface area (Å²) in [7, 11) is 0. The van der Waals surface area contributed by atoms with Gasteiger partial charge in [0.25, 0.3) is 5.91 Å². The van der Waals surface area contributed by atoms with Crippen molar-refractivity contribution in [3.8, 4) is 5.75 Å². The highest BCUT2D eigenvalue weighted by atomic mass is 32.2. The molecule has 0 radical (unpaired) electrons.